The summed E-state index contributed by atoms with van der Waals surface area (Å²) in [6.07, 6.45) is 1.55. The van der Waals surface area contributed by atoms with Crippen LogP contribution in [0.1, 0.15) is 24.4 Å². The number of carbonyl (C=O) groups is 1. The van der Waals surface area contributed by atoms with Gasteiger partial charge in [0, 0.05) is 11.3 Å². The Morgan fingerprint density at radius 1 is 1.31 bits per heavy atom. The largest absolute Gasteiger partial charge is 0.349 e. The van der Waals surface area contributed by atoms with Crippen molar-refractivity contribution in [2.45, 2.75) is 23.8 Å². The number of thiol groups is 1. The van der Waals surface area contributed by atoms with Crippen LogP contribution in [0, 0.1) is 0 Å². The molecule has 0 bridgehead atoms. The van der Waals surface area contributed by atoms with E-state index in [9.17, 15) is 4.79 Å². The van der Waals surface area contributed by atoms with Crippen molar-refractivity contribution in [3.05, 3.63) is 29.8 Å². The fourth-order valence-corrected chi connectivity index (χ4v) is 1.72. The standard InChI is InChI=1S/C10H11NOS/c12-10-6-5-9(11-10)7-1-3-8(13)4-2-7/h1-4,9,13H,5-6H2,(H,11,12)/t9-/m0/s1. The summed E-state index contributed by atoms with van der Waals surface area (Å²) in [6, 6.07) is 8.13. The van der Waals surface area contributed by atoms with Gasteiger partial charge in [0.15, 0.2) is 0 Å². The highest BCUT2D eigenvalue weighted by atomic mass is 32.1. The summed E-state index contributed by atoms with van der Waals surface area (Å²) in [5.41, 5.74) is 1.17. The van der Waals surface area contributed by atoms with E-state index in [4.69, 9.17) is 0 Å². The molecule has 1 amide bonds. The summed E-state index contributed by atoms with van der Waals surface area (Å²) in [7, 11) is 0. The van der Waals surface area contributed by atoms with Crippen LogP contribution in [0.5, 0.6) is 0 Å². The van der Waals surface area contributed by atoms with Crippen LogP contribution in [-0.4, -0.2) is 5.91 Å². The molecule has 3 heteroatoms. The van der Waals surface area contributed by atoms with Gasteiger partial charge in [0.1, 0.15) is 0 Å². The molecule has 0 aliphatic carbocycles. The highest BCUT2D eigenvalue weighted by molar-refractivity contribution is 7.80. The topological polar surface area (TPSA) is 29.1 Å². The van der Waals surface area contributed by atoms with Gasteiger partial charge < -0.3 is 5.32 Å². The van der Waals surface area contributed by atoms with Crippen LogP contribution in [0.2, 0.25) is 0 Å². The Morgan fingerprint density at radius 3 is 2.54 bits per heavy atom. The number of carbonyl (C=O) groups excluding carboxylic acids is 1. The van der Waals surface area contributed by atoms with Crippen molar-refractivity contribution in [2.24, 2.45) is 0 Å². The molecular formula is C10H11NOS. The third kappa shape index (κ3) is 1.86. The number of hydrogen-bond donors (Lipinski definition) is 2. The second kappa shape index (κ2) is 3.42. The highest BCUT2D eigenvalue weighted by Gasteiger charge is 2.21. The smallest absolute Gasteiger partial charge is 0.220 e. The van der Waals surface area contributed by atoms with Crippen molar-refractivity contribution in [3.8, 4) is 0 Å². The quantitative estimate of drug-likeness (QED) is 0.656. The molecule has 2 nitrogen and oxygen atoms in total. The van der Waals surface area contributed by atoms with Gasteiger partial charge >= 0.3 is 0 Å². The Labute approximate surface area is 82.8 Å². The minimum Gasteiger partial charge on any atom is -0.349 e. The van der Waals surface area contributed by atoms with Crippen LogP contribution in [0.25, 0.3) is 0 Å². The van der Waals surface area contributed by atoms with E-state index in [2.05, 4.69) is 17.9 Å². The molecular weight excluding hydrogens is 182 g/mol. The fourth-order valence-electron chi connectivity index (χ4n) is 1.57. The summed E-state index contributed by atoms with van der Waals surface area (Å²) in [4.78, 5) is 11.9. The third-order valence-corrected chi connectivity index (χ3v) is 2.59. The SMILES string of the molecule is O=C1CC[C@@H](c2ccc(S)cc2)N1. The molecule has 1 saturated heterocycles. The molecule has 0 spiro atoms. The zero-order valence-corrected chi connectivity index (χ0v) is 8.05. The molecule has 1 N–H and O–H groups in total. The average Bonchev–Trinajstić information content (AvgIpc) is 2.53. The molecule has 0 aromatic heterocycles. The lowest BCUT2D eigenvalue weighted by Gasteiger charge is -2.09. The Bertz CT molecular complexity index is 320. The van der Waals surface area contributed by atoms with E-state index in [-0.39, 0.29) is 11.9 Å². The van der Waals surface area contributed by atoms with Crippen molar-refractivity contribution in [2.75, 3.05) is 0 Å². The second-order valence-corrected chi connectivity index (χ2v) is 3.77. The maximum absolute atomic E-state index is 11.0. The number of rotatable bonds is 1. The molecule has 0 saturated carbocycles. The van der Waals surface area contributed by atoms with Crippen LogP contribution in [0.3, 0.4) is 0 Å². The number of amides is 1. The maximum atomic E-state index is 11.0. The van der Waals surface area contributed by atoms with Crippen LogP contribution in [-0.2, 0) is 4.79 Å². The van der Waals surface area contributed by atoms with Crippen LogP contribution in [0.15, 0.2) is 29.2 Å². The Kier molecular flexibility index (Phi) is 2.27. The molecule has 2 rings (SSSR count). The average molecular weight is 193 g/mol. The molecule has 1 aliphatic rings. The van der Waals surface area contributed by atoms with E-state index in [0.717, 1.165) is 11.3 Å². The Morgan fingerprint density at radius 2 is 2.00 bits per heavy atom. The second-order valence-electron chi connectivity index (χ2n) is 3.25. The van der Waals surface area contributed by atoms with E-state index in [1.807, 2.05) is 24.3 Å². The van der Waals surface area contributed by atoms with Crippen LogP contribution in [0.4, 0.5) is 0 Å². The lowest BCUT2D eigenvalue weighted by molar-refractivity contribution is -0.119. The van der Waals surface area contributed by atoms with E-state index in [0.29, 0.717) is 6.42 Å². The highest BCUT2D eigenvalue weighted by Crippen LogP contribution is 2.24. The third-order valence-electron chi connectivity index (χ3n) is 2.29. The monoisotopic (exact) mass is 193 g/mol. The summed E-state index contributed by atoms with van der Waals surface area (Å²) < 4.78 is 0. The Balaban J connectivity index is 2.17. The molecule has 1 atom stereocenters. The predicted octanol–water partition coefficient (Wildman–Crippen LogP) is 1.93. The van der Waals surface area contributed by atoms with Gasteiger partial charge in [0.2, 0.25) is 5.91 Å². The first-order valence-electron chi connectivity index (χ1n) is 4.34. The number of hydrogen-bond acceptors (Lipinski definition) is 2. The lowest BCUT2D eigenvalue weighted by atomic mass is 10.1. The fraction of sp³-hybridized carbons (Fsp3) is 0.300. The van der Waals surface area contributed by atoms with Crippen LogP contribution >= 0.6 is 12.6 Å². The van der Waals surface area contributed by atoms with Gasteiger partial charge in [-0.05, 0) is 24.1 Å². The van der Waals surface area contributed by atoms with E-state index in [1.54, 1.807) is 0 Å². The van der Waals surface area contributed by atoms with E-state index in [1.165, 1.54) is 5.56 Å². The first kappa shape index (κ1) is 8.63. The maximum Gasteiger partial charge on any atom is 0.220 e. The molecule has 0 radical (unpaired) electrons. The van der Waals surface area contributed by atoms with Gasteiger partial charge in [-0.3, -0.25) is 4.79 Å². The van der Waals surface area contributed by atoms with Gasteiger partial charge in [-0.15, -0.1) is 12.6 Å². The normalized spacial score (nSPS) is 21.6. The zero-order chi connectivity index (χ0) is 9.26. The number of benzene rings is 1. The number of nitrogens with one attached hydrogen (secondary N) is 1. The lowest BCUT2D eigenvalue weighted by Crippen LogP contribution is -2.18. The predicted molar refractivity (Wildman–Crippen MR) is 53.8 cm³/mol. The van der Waals surface area contributed by atoms with Gasteiger partial charge in [0.25, 0.3) is 0 Å². The van der Waals surface area contributed by atoms with Gasteiger partial charge in [0.05, 0.1) is 6.04 Å². The minimum atomic E-state index is 0.153. The first-order valence-corrected chi connectivity index (χ1v) is 4.79. The molecule has 1 aromatic carbocycles. The van der Waals surface area contributed by atoms with Crippen molar-refractivity contribution in [1.29, 1.82) is 0 Å². The zero-order valence-electron chi connectivity index (χ0n) is 7.16. The Hall–Kier alpha value is -0.960. The van der Waals surface area contributed by atoms with E-state index >= 15 is 0 Å². The van der Waals surface area contributed by atoms with Crippen molar-refractivity contribution in [1.82, 2.24) is 5.32 Å². The van der Waals surface area contributed by atoms with Gasteiger partial charge in [-0.2, -0.15) is 0 Å². The minimum absolute atomic E-state index is 0.153. The molecule has 1 fully saturated rings. The van der Waals surface area contributed by atoms with Crippen molar-refractivity contribution in [3.63, 3.8) is 0 Å². The van der Waals surface area contributed by atoms with Crippen molar-refractivity contribution >= 4 is 18.5 Å². The summed E-state index contributed by atoms with van der Waals surface area (Å²) in [6.45, 7) is 0. The molecule has 1 aromatic rings. The molecule has 1 aliphatic heterocycles. The summed E-state index contributed by atoms with van der Waals surface area (Å²) in [5.74, 6) is 0.153. The molecule has 0 unspecified atom stereocenters. The van der Waals surface area contributed by atoms with Crippen molar-refractivity contribution < 1.29 is 4.79 Å². The summed E-state index contributed by atoms with van der Waals surface area (Å²) in [5, 5.41) is 2.93. The summed E-state index contributed by atoms with van der Waals surface area (Å²) >= 11 is 4.20. The first-order chi connectivity index (χ1) is 6.25. The van der Waals surface area contributed by atoms with E-state index < -0.39 is 0 Å². The van der Waals surface area contributed by atoms with Gasteiger partial charge in [-0.25, -0.2) is 0 Å². The molecule has 1 heterocycles. The molecule has 13 heavy (non-hydrogen) atoms. The van der Waals surface area contributed by atoms with Gasteiger partial charge in [-0.1, -0.05) is 12.1 Å². The van der Waals surface area contributed by atoms with Crippen LogP contribution < -0.4 is 5.32 Å². The molecule has 68 valence electrons.